The molecule has 0 aliphatic heterocycles. The van der Waals surface area contributed by atoms with Gasteiger partial charge in [-0.15, -0.1) is 0 Å². The van der Waals surface area contributed by atoms with Gasteiger partial charge in [0.15, 0.2) is 5.82 Å². The Balaban J connectivity index is 2.42. The molecule has 0 atom stereocenters. The molecule has 4 nitrogen and oxygen atoms in total. The maximum Gasteiger partial charge on any atom is 0.161 e. The van der Waals surface area contributed by atoms with E-state index in [2.05, 4.69) is 31.2 Å². The van der Waals surface area contributed by atoms with Gasteiger partial charge in [0.05, 0.1) is 4.47 Å². The number of rotatable bonds is 3. The predicted molar refractivity (Wildman–Crippen MR) is 71.0 cm³/mol. The Morgan fingerprint density at radius 2 is 2.24 bits per heavy atom. The lowest BCUT2D eigenvalue weighted by Gasteiger charge is -2.07. The maximum atomic E-state index is 9.42. The van der Waals surface area contributed by atoms with Crippen molar-refractivity contribution in [3.63, 3.8) is 0 Å². The normalized spacial score (nSPS) is 10.2. The molecule has 0 amide bonds. The lowest BCUT2D eigenvalue weighted by Crippen LogP contribution is -2.02. The van der Waals surface area contributed by atoms with Gasteiger partial charge in [-0.05, 0) is 35.0 Å². The van der Waals surface area contributed by atoms with Gasteiger partial charge in [-0.3, -0.25) is 0 Å². The van der Waals surface area contributed by atoms with Crippen LogP contribution in [-0.2, 0) is 0 Å². The van der Waals surface area contributed by atoms with Crippen molar-refractivity contribution in [1.82, 2.24) is 9.97 Å². The quantitative estimate of drug-likeness (QED) is 0.913. The number of hydrogen-bond donors (Lipinski definition) is 2. The summed E-state index contributed by atoms with van der Waals surface area (Å²) in [5.74, 6) is 1.54. The van der Waals surface area contributed by atoms with Crippen molar-refractivity contribution in [1.29, 1.82) is 0 Å². The van der Waals surface area contributed by atoms with Gasteiger partial charge in [0, 0.05) is 18.3 Å². The number of benzene rings is 1. The van der Waals surface area contributed by atoms with Gasteiger partial charge in [0.1, 0.15) is 11.6 Å². The number of anilines is 1. The number of phenols is 1. The van der Waals surface area contributed by atoms with Crippen LogP contribution in [0.5, 0.6) is 5.75 Å². The molecule has 0 aliphatic carbocycles. The van der Waals surface area contributed by atoms with Crippen LogP contribution in [0.2, 0.25) is 0 Å². The molecule has 1 heterocycles. The van der Waals surface area contributed by atoms with Crippen LogP contribution in [0.1, 0.15) is 6.92 Å². The third kappa shape index (κ3) is 2.74. The molecule has 88 valence electrons. The zero-order valence-electron chi connectivity index (χ0n) is 9.31. The first kappa shape index (κ1) is 11.9. The van der Waals surface area contributed by atoms with Gasteiger partial charge >= 0.3 is 0 Å². The van der Waals surface area contributed by atoms with Gasteiger partial charge in [0.25, 0.3) is 0 Å². The Labute approximate surface area is 108 Å². The minimum Gasteiger partial charge on any atom is -0.508 e. The monoisotopic (exact) mass is 293 g/mol. The summed E-state index contributed by atoms with van der Waals surface area (Å²) in [6.45, 7) is 2.79. The molecule has 2 aromatic rings. The molecular weight excluding hydrogens is 282 g/mol. The molecule has 0 saturated carbocycles. The van der Waals surface area contributed by atoms with Gasteiger partial charge in [0.2, 0.25) is 0 Å². The first-order valence-corrected chi connectivity index (χ1v) is 6.06. The molecule has 0 radical (unpaired) electrons. The SMILES string of the molecule is CCNc1nc(-c2cccc(O)c2)ncc1Br. The topological polar surface area (TPSA) is 58.0 Å². The number of aromatic nitrogens is 2. The summed E-state index contributed by atoms with van der Waals surface area (Å²) < 4.78 is 0.822. The molecule has 1 aromatic carbocycles. The van der Waals surface area contributed by atoms with Crippen LogP contribution in [-0.4, -0.2) is 21.6 Å². The zero-order valence-corrected chi connectivity index (χ0v) is 10.9. The van der Waals surface area contributed by atoms with Crippen LogP contribution in [0.3, 0.4) is 0 Å². The minimum absolute atomic E-state index is 0.207. The summed E-state index contributed by atoms with van der Waals surface area (Å²) in [4.78, 5) is 8.62. The predicted octanol–water partition coefficient (Wildman–Crippen LogP) is 3.04. The molecule has 17 heavy (non-hydrogen) atoms. The van der Waals surface area contributed by atoms with E-state index in [-0.39, 0.29) is 5.75 Å². The molecule has 5 heteroatoms. The first-order valence-electron chi connectivity index (χ1n) is 5.26. The fourth-order valence-corrected chi connectivity index (χ4v) is 1.77. The largest absolute Gasteiger partial charge is 0.508 e. The number of nitrogens with one attached hydrogen (secondary N) is 1. The van der Waals surface area contributed by atoms with Crippen molar-refractivity contribution >= 4 is 21.7 Å². The van der Waals surface area contributed by atoms with Crippen molar-refractivity contribution in [2.45, 2.75) is 6.92 Å². The lowest BCUT2D eigenvalue weighted by atomic mass is 10.2. The van der Waals surface area contributed by atoms with E-state index >= 15 is 0 Å². The molecule has 0 spiro atoms. The Bertz CT molecular complexity index is 531. The highest BCUT2D eigenvalue weighted by molar-refractivity contribution is 9.10. The second-order valence-corrected chi connectivity index (χ2v) is 4.33. The van der Waals surface area contributed by atoms with Gasteiger partial charge in [-0.2, -0.15) is 0 Å². The Hall–Kier alpha value is -1.62. The smallest absolute Gasteiger partial charge is 0.161 e. The molecule has 2 rings (SSSR count). The molecule has 0 unspecified atom stereocenters. The summed E-state index contributed by atoms with van der Waals surface area (Å²) in [7, 11) is 0. The van der Waals surface area contributed by atoms with Crippen molar-refractivity contribution in [3.05, 3.63) is 34.9 Å². The summed E-state index contributed by atoms with van der Waals surface area (Å²) in [5.41, 5.74) is 0.789. The minimum atomic E-state index is 0.207. The Morgan fingerprint density at radius 3 is 2.94 bits per heavy atom. The van der Waals surface area contributed by atoms with Crippen molar-refractivity contribution in [3.8, 4) is 17.1 Å². The van der Waals surface area contributed by atoms with Gasteiger partial charge < -0.3 is 10.4 Å². The van der Waals surface area contributed by atoms with E-state index in [1.165, 1.54) is 0 Å². The van der Waals surface area contributed by atoms with E-state index < -0.39 is 0 Å². The molecule has 0 saturated heterocycles. The van der Waals surface area contributed by atoms with Crippen molar-refractivity contribution in [2.75, 3.05) is 11.9 Å². The second-order valence-electron chi connectivity index (χ2n) is 3.47. The second kappa shape index (κ2) is 5.14. The average Bonchev–Trinajstić information content (AvgIpc) is 2.32. The Morgan fingerprint density at radius 1 is 1.41 bits per heavy atom. The fraction of sp³-hybridized carbons (Fsp3) is 0.167. The van der Waals surface area contributed by atoms with E-state index in [1.54, 1.807) is 24.4 Å². The van der Waals surface area contributed by atoms with Crippen LogP contribution in [0.4, 0.5) is 5.82 Å². The number of hydrogen-bond acceptors (Lipinski definition) is 4. The first-order chi connectivity index (χ1) is 8.20. The van der Waals surface area contributed by atoms with E-state index in [4.69, 9.17) is 0 Å². The van der Waals surface area contributed by atoms with E-state index in [9.17, 15) is 5.11 Å². The van der Waals surface area contributed by atoms with Crippen molar-refractivity contribution in [2.24, 2.45) is 0 Å². The molecule has 2 N–H and O–H groups in total. The third-order valence-corrected chi connectivity index (χ3v) is 2.77. The molecule has 0 aliphatic rings. The van der Waals surface area contributed by atoms with E-state index in [1.807, 2.05) is 13.0 Å². The highest BCUT2D eigenvalue weighted by Crippen LogP contribution is 2.24. The zero-order chi connectivity index (χ0) is 12.3. The average molecular weight is 294 g/mol. The highest BCUT2D eigenvalue weighted by atomic mass is 79.9. The van der Waals surface area contributed by atoms with E-state index in [0.29, 0.717) is 5.82 Å². The summed E-state index contributed by atoms with van der Waals surface area (Å²) in [6.07, 6.45) is 1.70. The van der Waals surface area contributed by atoms with Crippen molar-refractivity contribution < 1.29 is 5.11 Å². The summed E-state index contributed by atoms with van der Waals surface area (Å²) in [6, 6.07) is 6.88. The van der Waals surface area contributed by atoms with Crippen LogP contribution >= 0.6 is 15.9 Å². The standard InChI is InChI=1S/C12H12BrN3O/c1-2-14-12-10(13)7-15-11(16-12)8-4-3-5-9(17)6-8/h3-7,17H,2H2,1H3,(H,14,15,16). The van der Waals surface area contributed by atoms with Gasteiger partial charge in [-0.25, -0.2) is 9.97 Å². The van der Waals surface area contributed by atoms with E-state index in [0.717, 1.165) is 22.4 Å². The van der Waals surface area contributed by atoms with Crippen LogP contribution in [0.25, 0.3) is 11.4 Å². The lowest BCUT2D eigenvalue weighted by molar-refractivity contribution is 0.475. The molecule has 0 bridgehead atoms. The summed E-state index contributed by atoms with van der Waals surface area (Å²) in [5, 5.41) is 12.6. The highest BCUT2D eigenvalue weighted by Gasteiger charge is 2.06. The summed E-state index contributed by atoms with van der Waals surface area (Å²) >= 11 is 3.38. The Kier molecular flexibility index (Phi) is 3.58. The maximum absolute atomic E-state index is 9.42. The number of phenolic OH excluding ortho intramolecular Hbond substituents is 1. The third-order valence-electron chi connectivity index (χ3n) is 2.19. The molecule has 1 aromatic heterocycles. The van der Waals surface area contributed by atoms with Crippen LogP contribution in [0.15, 0.2) is 34.9 Å². The molecular formula is C12H12BrN3O. The van der Waals surface area contributed by atoms with Gasteiger partial charge in [-0.1, -0.05) is 12.1 Å². The molecule has 0 fully saturated rings. The van der Waals surface area contributed by atoms with Crippen LogP contribution in [0, 0.1) is 0 Å². The van der Waals surface area contributed by atoms with Crippen LogP contribution < -0.4 is 5.32 Å². The number of aromatic hydroxyl groups is 1. The number of halogens is 1. The number of nitrogens with zero attached hydrogens (tertiary/aromatic N) is 2. The fourth-order valence-electron chi connectivity index (χ4n) is 1.44.